The van der Waals surface area contributed by atoms with Crippen LogP contribution in [0, 0.1) is 0 Å². The smallest absolute Gasteiger partial charge is 0.245 e. The molecule has 0 spiro atoms. The number of benzene rings is 1. The van der Waals surface area contributed by atoms with Crippen molar-refractivity contribution in [1.82, 2.24) is 0 Å². The molecular weight excluding hydrogens is 501 g/mol. The van der Waals surface area contributed by atoms with Crippen LogP contribution >= 0.6 is 35.7 Å². The van der Waals surface area contributed by atoms with Crippen molar-refractivity contribution in [1.29, 1.82) is 0 Å². The van der Waals surface area contributed by atoms with Gasteiger partial charge in [0.05, 0.1) is 12.7 Å². The fraction of sp³-hybridized carbons (Fsp3) is 0.731. The summed E-state index contributed by atoms with van der Waals surface area (Å²) < 4.78 is 7.94. The molecule has 0 aliphatic carbocycles. The van der Waals surface area contributed by atoms with Gasteiger partial charge in [0.25, 0.3) is 0 Å². The van der Waals surface area contributed by atoms with Gasteiger partial charge in [-0.1, -0.05) is 108 Å². The highest BCUT2D eigenvalue weighted by Gasteiger charge is 2.17. The zero-order valence-corrected chi connectivity index (χ0v) is 23.2. The largest absolute Gasteiger partial charge is 0.496 e. The fourth-order valence-electron chi connectivity index (χ4n) is 3.94. The number of thioether (sulfide) groups is 1. The third-order valence-electron chi connectivity index (χ3n) is 5.72. The van der Waals surface area contributed by atoms with Crippen LogP contribution in [0.1, 0.15) is 102 Å². The molecule has 0 amide bonds. The van der Waals surface area contributed by atoms with Gasteiger partial charge < -0.3 is 4.74 Å². The number of methoxy groups -OCH3 is 1. The molecule has 1 aromatic carbocycles. The van der Waals surface area contributed by atoms with E-state index in [1.54, 1.807) is 7.11 Å². The summed E-state index contributed by atoms with van der Waals surface area (Å²) in [6, 6.07) is 8.33. The first-order valence-corrected chi connectivity index (χ1v) is 13.2. The van der Waals surface area contributed by atoms with Crippen molar-refractivity contribution in [2.45, 2.75) is 96.8 Å². The van der Waals surface area contributed by atoms with E-state index in [1.807, 2.05) is 23.9 Å². The molecular formula is C26H47INOS+. The first-order valence-electron chi connectivity index (χ1n) is 12.0. The van der Waals surface area contributed by atoms with Crippen LogP contribution < -0.4 is 4.74 Å². The van der Waals surface area contributed by atoms with Crippen LogP contribution in [-0.4, -0.2) is 36.6 Å². The lowest BCUT2D eigenvalue weighted by Crippen LogP contribution is -2.17. The van der Waals surface area contributed by atoms with E-state index in [2.05, 4.69) is 36.9 Å². The van der Waals surface area contributed by atoms with Gasteiger partial charge in [-0.3, -0.25) is 0 Å². The third kappa shape index (κ3) is 13.2. The standard InChI is InChI=1S/C26H46NOS.HI/c1-5-6-7-8-9-10-11-12-13-14-15-16-17-20-23-27(2)26(29-4)24-21-18-19-22-25(24)28-3;/h18-19,21-22H,5-17,20,23H2,1-4H3;1H/q+1;. The maximum Gasteiger partial charge on any atom is 0.245 e. The second kappa shape index (κ2) is 20.7. The van der Waals surface area contributed by atoms with Crippen molar-refractivity contribution in [2.24, 2.45) is 0 Å². The topological polar surface area (TPSA) is 12.2 Å². The van der Waals surface area contributed by atoms with Crippen LogP contribution in [0.3, 0.4) is 0 Å². The molecule has 0 heterocycles. The Morgan fingerprint density at radius 2 is 1.27 bits per heavy atom. The summed E-state index contributed by atoms with van der Waals surface area (Å²) >= 11 is 1.81. The molecule has 1 aromatic rings. The van der Waals surface area contributed by atoms with Gasteiger partial charge in [-0.05, 0) is 24.8 Å². The minimum atomic E-state index is 0. The first-order chi connectivity index (χ1) is 14.2. The van der Waals surface area contributed by atoms with Crippen molar-refractivity contribution in [2.75, 3.05) is 27.0 Å². The lowest BCUT2D eigenvalue weighted by atomic mass is 10.0. The molecule has 0 fully saturated rings. The van der Waals surface area contributed by atoms with E-state index >= 15 is 0 Å². The Labute approximate surface area is 208 Å². The average Bonchev–Trinajstić information content (AvgIpc) is 2.75. The second-order valence-electron chi connectivity index (χ2n) is 8.23. The average molecular weight is 549 g/mol. The number of rotatable bonds is 17. The summed E-state index contributed by atoms with van der Waals surface area (Å²) in [4.78, 5) is 0. The van der Waals surface area contributed by atoms with E-state index < -0.39 is 0 Å². The number of hydrogen-bond donors (Lipinski definition) is 0. The molecule has 1 rings (SSSR count). The Hall–Kier alpha value is -0.230. The number of hydrogen-bond acceptors (Lipinski definition) is 2. The van der Waals surface area contributed by atoms with Crippen molar-refractivity contribution in [3.63, 3.8) is 0 Å². The summed E-state index contributed by atoms with van der Waals surface area (Å²) in [7, 11) is 3.96. The number of halogens is 1. The zero-order valence-electron chi connectivity index (χ0n) is 20.1. The van der Waals surface area contributed by atoms with Gasteiger partial charge in [0.2, 0.25) is 5.04 Å². The molecule has 0 atom stereocenters. The van der Waals surface area contributed by atoms with E-state index in [4.69, 9.17) is 4.74 Å². The lowest BCUT2D eigenvalue weighted by molar-refractivity contribution is -0.494. The summed E-state index contributed by atoms with van der Waals surface area (Å²) in [5, 5.41) is 1.30. The first kappa shape index (κ1) is 29.8. The zero-order chi connectivity index (χ0) is 21.2. The molecule has 2 nitrogen and oxygen atoms in total. The normalized spacial score (nSPS) is 11.7. The monoisotopic (exact) mass is 548 g/mol. The summed E-state index contributed by atoms with van der Waals surface area (Å²) in [6.45, 7) is 3.41. The summed E-state index contributed by atoms with van der Waals surface area (Å²) in [5.74, 6) is 0.963. The number of nitrogens with zero attached hydrogens (tertiary/aromatic N) is 1. The van der Waals surface area contributed by atoms with E-state index in [1.165, 1.54) is 100 Å². The van der Waals surface area contributed by atoms with Gasteiger partial charge in [0.1, 0.15) is 19.3 Å². The maximum atomic E-state index is 5.54. The highest BCUT2D eigenvalue weighted by molar-refractivity contribution is 14.0. The van der Waals surface area contributed by atoms with Gasteiger partial charge in [-0.2, -0.15) is 0 Å². The minimum Gasteiger partial charge on any atom is -0.496 e. The molecule has 0 saturated carbocycles. The van der Waals surface area contributed by atoms with Crippen LogP contribution in [0.15, 0.2) is 24.3 Å². The summed E-state index contributed by atoms with van der Waals surface area (Å²) in [5.41, 5.74) is 1.20. The van der Waals surface area contributed by atoms with E-state index in [-0.39, 0.29) is 24.0 Å². The second-order valence-corrected chi connectivity index (χ2v) is 9.02. The van der Waals surface area contributed by atoms with Gasteiger partial charge in [0, 0.05) is 6.42 Å². The van der Waals surface area contributed by atoms with Crippen molar-refractivity contribution < 1.29 is 9.31 Å². The van der Waals surface area contributed by atoms with E-state index in [9.17, 15) is 0 Å². The van der Waals surface area contributed by atoms with Crippen LogP contribution in [0.25, 0.3) is 0 Å². The minimum absolute atomic E-state index is 0. The molecule has 0 aromatic heterocycles. The molecule has 0 aliphatic rings. The van der Waals surface area contributed by atoms with E-state index in [0.29, 0.717) is 0 Å². The molecule has 0 aliphatic heterocycles. The predicted molar refractivity (Wildman–Crippen MR) is 147 cm³/mol. The fourth-order valence-corrected chi connectivity index (χ4v) is 4.73. The molecule has 30 heavy (non-hydrogen) atoms. The number of para-hydroxylation sites is 1. The van der Waals surface area contributed by atoms with Crippen LogP contribution in [0.2, 0.25) is 0 Å². The number of unbranched alkanes of at least 4 members (excludes halogenated alkanes) is 13. The SMILES string of the molecule is CCCCCCCCCCCCCCCC[N+](C)=C(SC)c1ccccc1OC.I. The maximum absolute atomic E-state index is 5.54. The molecule has 0 saturated heterocycles. The molecule has 174 valence electrons. The van der Waals surface area contributed by atoms with Crippen molar-refractivity contribution >= 4 is 40.8 Å². The molecule has 0 unspecified atom stereocenters. The lowest BCUT2D eigenvalue weighted by Gasteiger charge is -2.09. The predicted octanol–water partition coefficient (Wildman–Crippen LogP) is 8.55. The van der Waals surface area contributed by atoms with Gasteiger partial charge in [-0.25, -0.2) is 4.58 Å². The Bertz CT molecular complexity index is 562. The highest BCUT2D eigenvalue weighted by Crippen LogP contribution is 2.22. The number of ether oxygens (including phenoxy) is 1. The Kier molecular flexibility index (Phi) is 20.5. The molecule has 0 N–H and O–H groups in total. The van der Waals surface area contributed by atoms with Gasteiger partial charge in [-0.15, -0.1) is 24.0 Å². The van der Waals surface area contributed by atoms with Crippen molar-refractivity contribution in [3.05, 3.63) is 29.8 Å². The Balaban J connectivity index is 0.00000841. The van der Waals surface area contributed by atoms with Crippen LogP contribution in [0.4, 0.5) is 0 Å². The molecule has 4 heteroatoms. The third-order valence-corrected chi connectivity index (χ3v) is 6.64. The molecule has 0 radical (unpaired) electrons. The van der Waals surface area contributed by atoms with Gasteiger partial charge in [0.15, 0.2) is 0 Å². The van der Waals surface area contributed by atoms with Crippen LogP contribution in [0.5, 0.6) is 5.75 Å². The quantitative estimate of drug-likeness (QED) is 0.0636. The van der Waals surface area contributed by atoms with E-state index in [0.717, 1.165) is 12.3 Å². The van der Waals surface area contributed by atoms with Crippen molar-refractivity contribution in [3.8, 4) is 5.75 Å². The van der Waals surface area contributed by atoms with Gasteiger partial charge >= 0.3 is 0 Å². The molecule has 0 bridgehead atoms. The van der Waals surface area contributed by atoms with Crippen LogP contribution in [-0.2, 0) is 0 Å². The Morgan fingerprint density at radius 1 is 0.800 bits per heavy atom. The highest BCUT2D eigenvalue weighted by atomic mass is 127. The summed E-state index contributed by atoms with van der Waals surface area (Å²) in [6.07, 6.45) is 21.9. The Morgan fingerprint density at radius 3 is 1.73 bits per heavy atom.